The Hall–Kier alpha value is -3.24. The van der Waals surface area contributed by atoms with Gasteiger partial charge in [0, 0.05) is 12.2 Å². The van der Waals surface area contributed by atoms with Crippen molar-refractivity contribution in [2.24, 2.45) is 0 Å². The van der Waals surface area contributed by atoms with E-state index < -0.39 is 35.6 Å². The molecular weight excluding hydrogens is 494 g/mol. The van der Waals surface area contributed by atoms with Crippen molar-refractivity contribution in [1.82, 2.24) is 10.2 Å². The first-order valence-corrected chi connectivity index (χ1v) is 13.4. The van der Waals surface area contributed by atoms with Gasteiger partial charge < -0.3 is 30.1 Å². The number of rotatable bonds is 12. The van der Waals surface area contributed by atoms with Gasteiger partial charge in [-0.2, -0.15) is 11.8 Å². The lowest BCUT2D eigenvalue weighted by atomic mass is 10.0. The molecule has 0 fully saturated rings. The number of methoxy groups -OCH3 is 1. The van der Waals surface area contributed by atoms with Crippen LogP contribution in [-0.2, 0) is 14.3 Å². The molecule has 0 aliphatic heterocycles. The van der Waals surface area contributed by atoms with Crippen LogP contribution in [0.3, 0.4) is 0 Å². The van der Waals surface area contributed by atoms with Crippen LogP contribution in [0.25, 0.3) is 0 Å². The Morgan fingerprint density at radius 2 is 1.70 bits per heavy atom. The normalized spacial score (nSPS) is 12.7. The Labute approximate surface area is 222 Å². The van der Waals surface area contributed by atoms with Crippen LogP contribution in [-0.4, -0.2) is 71.8 Å². The van der Waals surface area contributed by atoms with Crippen LogP contribution in [0.2, 0.25) is 0 Å². The predicted octanol–water partition coefficient (Wildman–Crippen LogP) is 3.84. The monoisotopic (exact) mass is 531 g/mol. The van der Waals surface area contributed by atoms with Crippen molar-refractivity contribution >= 4 is 35.4 Å². The predicted molar refractivity (Wildman–Crippen MR) is 146 cm³/mol. The standard InChI is InChI=1S/C27H37N3O6S/c1-27(2,3)36-26(34)29-22(15-18-37-5)25(33)30(16-17-31)23(19-9-7-6-8-10-19)24(32)28-20-11-13-21(35-4)14-12-20/h6-14,22-23,31H,15-18H2,1-5H3,(H,28,32)(H,29,34). The van der Waals surface area contributed by atoms with Crippen LogP contribution in [0.5, 0.6) is 5.75 Å². The van der Waals surface area contributed by atoms with E-state index in [1.54, 1.807) is 76.4 Å². The maximum atomic E-state index is 13.8. The third kappa shape index (κ3) is 9.62. The van der Waals surface area contributed by atoms with E-state index in [1.807, 2.05) is 12.3 Å². The average Bonchev–Trinajstić information content (AvgIpc) is 2.86. The fraction of sp³-hybridized carbons (Fsp3) is 0.444. The Morgan fingerprint density at radius 3 is 2.24 bits per heavy atom. The zero-order valence-corrected chi connectivity index (χ0v) is 22.8. The number of carbonyl (C=O) groups is 3. The van der Waals surface area contributed by atoms with Crippen LogP contribution in [0.1, 0.15) is 38.8 Å². The number of anilines is 1. The summed E-state index contributed by atoms with van der Waals surface area (Å²) in [5.41, 5.74) is 0.345. The first-order chi connectivity index (χ1) is 17.6. The molecule has 37 heavy (non-hydrogen) atoms. The van der Waals surface area contributed by atoms with Gasteiger partial charge in [-0.3, -0.25) is 9.59 Å². The van der Waals surface area contributed by atoms with Crippen molar-refractivity contribution < 1.29 is 29.0 Å². The van der Waals surface area contributed by atoms with Gasteiger partial charge in [0.1, 0.15) is 23.4 Å². The molecule has 0 saturated heterocycles. The summed E-state index contributed by atoms with van der Waals surface area (Å²) < 4.78 is 10.5. The molecule has 10 heteroatoms. The van der Waals surface area contributed by atoms with Crippen LogP contribution in [0, 0.1) is 0 Å². The number of hydrogen-bond acceptors (Lipinski definition) is 7. The Morgan fingerprint density at radius 1 is 1.05 bits per heavy atom. The van der Waals surface area contributed by atoms with Crippen LogP contribution < -0.4 is 15.4 Å². The molecule has 202 valence electrons. The van der Waals surface area contributed by atoms with Crippen molar-refractivity contribution in [3.63, 3.8) is 0 Å². The van der Waals surface area contributed by atoms with E-state index in [0.717, 1.165) is 0 Å². The van der Waals surface area contributed by atoms with Gasteiger partial charge in [-0.25, -0.2) is 4.79 Å². The van der Waals surface area contributed by atoms with Gasteiger partial charge in [-0.05, 0) is 69.0 Å². The number of thioether (sulfide) groups is 1. The first-order valence-electron chi connectivity index (χ1n) is 12.0. The topological polar surface area (TPSA) is 117 Å². The van der Waals surface area contributed by atoms with Crippen molar-refractivity contribution in [1.29, 1.82) is 0 Å². The van der Waals surface area contributed by atoms with Gasteiger partial charge in [0.25, 0.3) is 5.91 Å². The number of amides is 3. The van der Waals surface area contributed by atoms with E-state index in [0.29, 0.717) is 29.2 Å². The maximum Gasteiger partial charge on any atom is 0.408 e. The number of alkyl carbamates (subject to hydrolysis) is 1. The number of aliphatic hydroxyl groups is 1. The Bertz CT molecular complexity index is 1010. The molecule has 0 heterocycles. The highest BCUT2D eigenvalue weighted by molar-refractivity contribution is 7.98. The number of hydrogen-bond donors (Lipinski definition) is 3. The van der Waals surface area contributed by atoms with E-state index in [4.69, 9.17) is 9.47 Å². The van der Waals surface area contributed by atoms with E-state index in [1.165, 1.54) is 16.7 Å². The average molecular weight is 532 g/mol. The quantitative estimate of drug-likeness (QED) is 0.381. The number of ether oxygens (including phenoxy) is 2. The molecule has 2 rings (SSSR count). The zero-order valence-electron chi connectivity index (χ0n) is 22.0. The van der Waals surface area contributed by atoms with E-state index in [2.05, 4.69) is 10.6 Å². The molecule has 2 aromatic rings. The summed E-state index contributed by atoms with van der Waals surface area (Å²) in [4.78, 5) is 41.3. The summed E-state index contributed by atoms with van der Waals surface area (Å²) in [6.07, 6.45) is 1.49. The first kappa shape index (κ1) is 30.0. The largest absolute Gasteiger partial charge is 0.497 e. The Balaban J connectivity index is 2.41. The highest BCUT2D eigenvalue weighted by Crippen LogP contribution is 2.25. The third-order valence-electron chi connectivity index (χ3n) is 5.26. The number of aliphatic hydroxyl groups excluding tert-OH is 1. The SMILES string of the molecule is COc1ccc(NC(=O)C(c2ccccc2)N(CCO)C(=O)C(CCSC)NC(=O)OC(C)(C)C)cc1. The highest BCUT2D eigenvalue weighted by atomic mass is 32.2. The van der Waals surface area contributed by atoms with E-state index in [-0.39, 0.29) is 13.2 Å². The summed E-state index contributed by atoms with van der Waals surface area (Å²) in [6, 6.07) is 13.7. The summed E-state index contributed by atoms with van der Waals surface area (Å²) in [5.74, 6) is 0.277. The second-order valence-corrected chi connectivity index (χ2v) is 10.3. The van der Waals surface area contributed by atoms with Gasteiger partial charge in [0.2, 0.25) is 5.91 Å². The highest BCUT2D eigenvalue weighted by Gasteiger charge is 2.36. The zero-order chi connectivity index (χ0) is 27.4. The lowest BCUT2D eigenvalue weighted by molar-refractivity contribution is -0.141. The minimum atomic E-state index is -1.06. The van der Waals surface area contributed by atoms with Crippen LogP contribution in [0.15, 0.2) is 54.6 Å². The third-order valence-corrected chi connectivity index (χ3v) is 5.90. The number of nitrogens with one attached hydrogen (secondary N) is 2. The van der Waals surface area contributed by atoms with Gasteiger partial charge in [-0.15, -0.1) is 0 Å². The second-order valence-electron chi connectivity index (χ2n) is 9.27. The van der Waals surface area contributed by atoms with E-state index >= 15 is 0 Å². The number of carbonyl (C=O) groups excluding carboxylic acids is 3. The molecule has 0 aromatic heterocycles. The molecule has 2 aromatic carbocycles. The van der Waals surface area contributed by atoms with Crippen molar-refractivity contribution in [3.05, 3.63) is 60.2 Å². The Kier molecular flexibility index (Phi) is 11.7. The summed E-state index contributed by atoms with van der Waals surface area (Å²) in [7, 11) is 1.55. The van der Waals surface area contributed by atoms with E-state index in [9.17, 15) is 19.5 Å². The minimum Gasteiger partial charge on any atom is -0.497 e. The van der Waals surface area contributed by atoms with Gasteiger partial charge in [0.05, 0.1) is 13.7 Å². The summed E-state index contributed by atoms with van der Waals surface area (Å²) >= 11 is 1.53. The maximum absolute atomic E-state index is 13.8. The van der Waals surface area contributed by atoms with Crippen molar-refractivity contribution in [3.8, 4) is 5.75 Å². The molecule has 0 radical (unpaired) electrons. The molecule has 3 N–H and O–H groups in total. The molecule has 0 bridgehead atoms. The van der Waals surface area contributed by atoms with Crippen LogP contribution in [0.4, 0.5) is 10.5 Å². The molecule has 0 aliphatic carbocycles. The smallest absolute Gasteiger partial charge is 0.408 e. The van der Waals surface area contributed by atoms with Crippen LogP contribution >= 0.6 is 11.8 Å². The van der Waals surface area contributed by atoms with Gasteiger partial charge >= 0.3 is 6.09 Å². The lowest BCUT2D eigenvalue weighted by Gasteiger charge is -2.34. The molecule has 0 aliphatic rings. The van der Waals surface area contributed by atoms with Gasteiger partial charge in [-0.1, -0.05) is 30.3 Å². The molecule has 9 nitrogen and oxygen atoms in total. The summed E-state index contributed by atoms with van der Waals surface area (Å²) in [6.45, 7) is 4.72. The molecule has 2 atom stereocenters. The summed E-state index contributed by atoms with van der Waals surface area (Å²) in [5, 5.41) is 15.4. The lowest BCUT2D eigenvalue weighted by Crippen LogP contribution is -2.53. The number of benzene rings is 2. The molecule has 0 saturated carbocycles. The number of nitrogens with zero attached hydrogens (tertiary/aromatic N) is 1. The molecule has 0 spiro atoms. The van der Waals surface area contributed by atoms with Crippen molar-refractivity contribution in [2.75, 3.05) is 37.6 Å². The van der Waals surface area contributed by atoms with Crippen molar-refractivity contribution in [2.45, 2.75) is 44.9 Å². The molecule has 2 unspecified atom stereocenters. The molecular formula is C27H37N3O6S. The fourth-order valence-electron chi connectivity index (χ4n) is 3.61. The molecule has 3 amide bonds. The second kappa shape index (κ2) is 14.5. The van der Waals surface area contributed by atoms with Gasteiger partial charge in [0.15, 0.2) is 0 Å². The fourth-order valence-corrected chi connectivity index (χ4v) is 4.08. The minimum absolute atomic E-state index is 0.111.